The van der Waals surface area contributed by atoms with Crippen LogP contribution >= 0.6 is 31.9 Å². The number of nitrogens with one attached hydrogen (secondary N) is 1. The summed E-state index contributed by atoms with van der Waals surface area (Å²) in [5.41, 5.74) is 7.47. The monoisotopic (exact) mass is 745 g/mol. The van der Waals surface area contributed by atoms with E-state index >= 15 is 0 Å². The van der Waals surface area contributed by atoms with Crippen LogP contribution in [-0.2, 0) is 21.2 Å². The Morgan fingerprint density at radius 2 is 1.52 bits per heavy atom. The van der Waals surface area contributed by atoms with Crippen LogP contribution in [0, 0.1) is 0 Å². The van der Waals surface area contributed by atoms with E-state index in [4.69, 9.17) is 10.5 Å². The van der Waals surface area contributed by atoms with Crippen molar-refractivity contribution in [2.75, 3.05) is 31.9 Å². The Morgan fingerprint density at radius 1 is 0.932 bits per heavy atom. The number of carbonyl (C=O) groups excluding carboxylic acids is 1. The number of piperidine rings is 2. The van der Waals surface area contributed by atoms with E-state index in [1.165, 1.54) is 31.4 Å². The van der Waals surface area contributed by atoms with Crippen LogP contribution in [-0.4, -0.2) is 68.4 Å². The maximum absolute atomic E-state index is 14.2. The zero-order valence-electron chi connectivity index (χ0n) is 24.4. The maximum atomic E-state index is 14.2. The molecule has 3 aromatic rings. The standard InChI is InChI=1S/C32H37Br2N5O4S/c33-27-20-23(21-28(34)30(27)35)22-29(31(40)39-18-14-24(15-19-39)38-16-8-3-9-17-38)36-32(43-25-10-4-1-5-11-25)37-44(41,42)26-12-6-2-7-13-26/h1-2,4-7,10-13,20-21,24,29H,3,8-9,14-19,22,35H2,(H,36,37)/t29-/m1/s1. The van der Waals surface area contributed by atoms with Crippen LogP contribution in [0.15, 0.2) is 91.6 Å². The summed E-state index contributed by atoms with van der Waals surface area (Å²) in [7, 11) is -4.06. The zero-order valence-corrected chi connectivity index (χ0v) is 28.4. The first-order valence-corrected chi connectivity index (χ1v) is 17.9. The molecule has 0 spiro atoms. The number of halogens is 2. The number of benzene rings is 3. The van der Waals surface area contributed by atoms with Gasteiger partial charge in [-0.1, -0.05) is 42.8 Å². The predicted octanol–water partition coefficient (Wildman–Crippen LogP) is 5.60. The Balaban J connectivity index is 1.45. The first kappa shape index (κ1) is 32.5. The van der Waals surface area contributed by atoms with E-state index in [0.717, 1.165) is 31.5 Å². The highest BCUT2D eigenvalue weighted by atomic mass is 79.9. The number of rotatable bonds is 8. The lowest BCUT2D eigenvalue weighted by molar-refractivity contribution is -0.134. The summed E-state index contributed by atoms with van der Waals surface area (Å²) in [5, 5.41) is 0. The minimum absolute atomic E-state index is 0.0541. The molecule has 0 saturated carbocycles. The maximum Gasteiger partial charge on any atom is 0.305 e. The van der Waals surface area contributed by atoms with Crippen LogP contribution < -0.4 is 15.2 Å². The Kier molecular flexibility index (Phi) is 11.0. The van der Waals surface area contributed by atoms with Gasteiger partial charge in [-0.2, -0.15) is 0 Å². The van der Waals surface area contributed by atoms with Gasteiger partial charge in [0, 0.05) is 34.5 Å². The molecule has 0 bridgehead atoms. The number of nitrogen functional groups attached to an aromatic ring is 1. The summed E-state index contributed by atoms with van der Waals surface area (Å²) in [5.74, 6) is 0.202. The van der Waals surface area contributed by atoms with Crippen molar-refractivity contribution in [3.8, 4) is 5.75 Å². The summed E-state index contributed by atoms with van der Waals surface area (Å²) in [4.78, 5) is 23.3. The number of aliphatic imine (C=N–C) groups is 1. The minimum atomic E-state index is -4.06. The summed E-state index contributed by atoms with van der Waals surface area (Å²) >= 11 is 7.00. The molecule has 44 heavy (non-hydrogen) atoms. The Morgan fingerprint density at radius 3 is 2.14 bits per heavy atom. The molecule has 0 radical (unpaired) electrons. The number of amidine groups is 1. The average Bonchev–Trinajstić information content (AvgIpc) is 3.04. The lowest BCUT2D eigenvalue weighted by Crippen LogP contribution is -2.50. The van der Waals surface area contributed by atoms with Gasteiger partial charge in [0.05, 0.1) is 10.6 Å². The number of nitrogens with two attached hydrogens (primary N) is 1. The quantitative estimate of drug-likeness (QED) is 0.176. The fraction of sp³-hybridized carbons (Fsp3) is 0.375. The number of amides is 1. The molecule has 2 fully saturated rings. The van der Waals surface area contributed by atoms with Gasteiger partial charge in [0.25, 0.3) is 10.0 Å². The molecule has 5 rings (SSSR count). The fourth-order valence-corrected chi connectivity index (χ4v) is 7.94. The summed E-state index contributed by atoms with van der Waals surface area (Å²) in [6.07, 6.45) is 5.74. The van der Waals surface area contributed by atoms with Gasteiger partial charge >= 0.3 is 6.02 Å². The van der Waals surface area contributed by atoms with Gasteiger partial charge in [0.1, 0.15) is 11.8 Å². The van der Waals surface area contributed by atoms with Crippen molar-refractivity contribution >= 4 is 59.5 Å². The first-order valence-electron chi connectivity index (χ1n) is 14.8. The van der Waals surface area contributed by atoms with E-state index in [9.17, 15) is 13.2 Å². The SMILES string of the molecule is Nc1c(Br)cc(C[C@@H](N=C(NS(=O)(=O)c2ccccc2)Oc2ccccc2)C(=O)N2CCC(N3CCCCC3)CC2)cc1Br. The molecule has 12 heteroatoms. The van der Waals surface area contributed by atoms with Crippen LogP contribution in [0.1, 0.15) is 37.7 Å². The Hall–Kier alpha value is -2.93. The number of ether oxygens (including phenoxy) is 1. The number of hydrogen-bond acceptors (Lipinski definition) is 7. The van der Waals surface area contributed by atoms with E-state index in [0.29, 0.717) is 39.5 Å². The van der Waals surface area contributed by atoms with Crippen molar-refractivity contribution in [1.82, 2.24) is 14.5 Å². The van der Waals surface area contributed by atoms with E-state index in [1.54, 1.807) is 42.5 Å². The van der Waals surface area contributed by atoms with Crippen molar-refractivity contribution in [3.63, 3.8) is 0 Å². The van der Waals surface area contributed by atoms with Crippen molar-refractivity contribution in [1.29, 1.82) is 0 Å². The third kappa shape index (κ3) is 8.41. The van der Waals surface area contributed by atoms with Crippen LogP contribution in [0.5, 0.6) is 5.75 Å². The summed E-state index contributed by atoms with van der Waals surface area (Å²) in [6, 6.07) is 19.7. The third-order valence-electron chi connectivity index (χ3n) is 8.04. The van der Waals surface area contributed by atoms with Crippen molar-refractivity contribution in [2.45, 2.75) is 55.5 Å². The first-order chi connectivity index (χ1) is 21.2. The van der Waals surface area contributed by atoms with Crippen LogP contribution in [0.25, 0.3) is 0 Å². The molecule has 3 aromatic carbocycles. The molecule has 3 N–H and O–H groups in total. The number of sulfonamides is 1. The minimum Gasteiger partial charge on any atom is -0.425 e. The molecule has 2 aliphatic rings. The number of para-hydroxylation sites is 1. The molecule has 1 atom stereocenters. The second kappa shape index (κ2) is 14.9. The zero-order chi connectivity index (χ0) is 31.1. The highest BCUT2D eigenvalue weighted by Crippen LogP contribution is 2.31. The molecular formula is C32H37Br2N5O4S. The third-order valence-corrected chi connectivity index (χ3v) is 10.7. The van der Waals surface area contributed by atoms with Gasteiger partial charge in [-0.25, -0.2) is 18.1 Å². The average molecular weight is 748 g/mol. The molecule has 0 aliphatic carbocycles. The van der Waals surface area contributed by atoms with Crippen LogP contribution in [0.3, 0.4) is 0 Å². The van der Waals surface area contributed by atoms with Gasteiger partial charge < -0.3 is 20.3 Å². The molecule has 0 aromatic heterocycles. The molecule has 2 heterocycles. The molecule has 2 aliphatic heterocycles. The second-order valence-corrected chi connectivity index (χ2v) is 14.5. The van der Waals surface area contributed by atoms with Gasteiger partial charge in [-0.3, -0.25) is 4.79 Å². The highest BCUT2D eigenvalue weighted by molar-refractivity contribution is 9.11. The molecule has 234 valence electrons. The highest BCUT2D eigenvalue weighted by Gasteiger charge is 2.32. The Labute approximate surface area is 276 Å². The summed E-state index contributed by atoms with van der Waals surface area (Å²) < 4.78 is 36.6. The second-order valence-electron chi connectivity index (χ2n) is 11.1. The number of likely N-dealkylation sites (tertiary alicyclic amines) is 2. The van der Waals surface area contributed by atoms with Gasteiger partial charge in [-0.05, 0) is 113 Å². The van der Waals surface area contributed by atoms with E-state index < -0.39 is 16.1 Å². The van der Waals surface area contributed by atoms with Crippen molar-refractivity contribution in [3.05, 3.63) is 87.3 Å². The number of nitrogens with zero attached hydrogens (tertiary/aromatic N) is 3. The topological polar surface area (TPSA) is 117 Å². The fourth-order valence-electron chi connectivity index (χ4n) is 5.70. The van der Waals surface area contributed by atoms with Crippen molar-refractivity contribution < 1.29 is 17.9 Å². The van der Waals surface area contributed by atoms with Crippen molar-refractivity contribution in [2.24, 2.45) is 4.99 Å². The number of carbonyl (C=O) groups is 1. The lowest BCUT2D eigenvalue weighted by Gasteiger charge is -2.40. The molecular weight excluding hydrogens is 710 g/mol. The largest absolute Gasteiger partial charge is 0.425 e. The number of anilines is 1. The molecule has 9 nitrogen and oxygen atoms in total. The van der Waals surface area contributed by atoms with Crippen LogP contribution in [0.4, 0.5) is 5.69 Å². The number of hydrogen-bond donors (Lipinski definition) is 2. The summed E-state index contributed by atoms with van der Waals surface area (Å²) in [6.45, 7) is 3.47. The Bertz CT molecular complexity index is 1540. The van der Waals surface area contributed by atoms with E-state index in [2.05, 4.69) is 46.5 Å². The predicted molar refractivity (Wildman–Crippen MR) is 180 cm³/mol. The smallest absolute Gasteiger partial charge is 0.305 e. The van der Waals surface area contributed by atoms with Gasteiger partial charge in [-0.15, -0.1) is 0 Å². The van der Waals surface area contributed by atoms with E-state index in [-0.39, 0.29) is 23.2 Å². The van der Waals surface area contributed by atoms with Gasteiger partial charge in [0.2, 0.25) is 5.91 Å². The normalized spacial score (nSPS) is 17.7. The molecule has 2 saturated heterocycles. The van der Waals surface area contributed by atoms with Gasteiger partial charge in [0.15, 0.2) is 0 Å². The lowest BCUT2D eigenvalue weighted by atomic mass is 9.98. The molecule has 0 unspecified atom stereocenters. The van der Waals surface area contributed by atoms with E-state index in [1.807, 2.05) is 23.1 Å². The molecule has 1 amide bonds. The van der Waals surface area contributed by atoms with Crippen LogP contribution in [0.2, 0.25) is 0 Å².